The number of fused-ring (bicyclic) bond motifs is 1. The molecule has 1 fully saturated rings. The van der Waals surface area contributed by atoms with Gasteiger partial charge in [-0.1, -0.05) is 36.4 Å². The lowest BCUT2D eigenvalue weighted by Crippen LogP contribution is -2.45. The molecule has 0 bridgehead atoms. The molecule has 0 spiro atoms. The maximum Gasteiger partial charge on any atom is 0.161 e. The van der Waals surface area contributed by atoms with E-state index in [0.29, 0.717) is 25.3 Å². The van der Waals surface area contributed by atoms with Crippen LogP contribution in [0.1, 0.15) is 30.0 Å². The standard InChI is InChI=1S/C20H24N2O2/c1-2-5-16(6-3-1)20-17(7-4-10-21-20)22-14-15-8-9-18-19(13-15)24-12-11-23-18/h1-3,5-6,8-9,13,17,20-22H,4,7,10-12,14H2/t17-,20-/m0/s1. The Morgan fingerprint density at radius 2 is 1.83 bits per heavy atom. The Kier molecular flexibility index (Phi) is 4.67. The lowest BCUT2D eigenvalue weighted by atomic mass is 9.92. The molecule has 0 aliphatic carbocycles. The molecule has 2 heterocycles. The van der Waals surface area contributed by atoms with Gasteiger partial charge in [0.1, 0.15) is 13.2 Å². The second-order valence-corrected chi connectivity index (χ2v) is 6.45. The van der Waals surface area contributed by atoms with Gasteiger partial charge >= 0.3 is 0 Å². The van der Waals surface area contributed by atoms with Gasteiger partial charge < -0.3 is 20.1 Å². The van der Waals surface area contributed by atoms with Gasteiger partial charge in [0.2, 0.25) is 0 Å². The molecule has 0 aromatic heterocycles. The highest BCUT2D eigenvalue weighted by atomic mass is 16.6. The molecule has 4 nitrogen and oxygen atoms in total. The van der Waals surface area contributed by atoms with Crippen molar-refractivity contribution in [2.75, 3.05) is 19.8 Å². The average molecular weight is 324 g/mol. The van der Waals surface area contributed by atoms with E-state index in [1.165, 1.54) is 24.0 Å². The van der Waals surface area contributed by atoms with Crippen molar-refractivity contribution in [1.29, 1.82) is 0 Å². The molecule has 2 atom stereocenters. The van der Waals surface area contributed by atoms with Crippen molar-refractivity contribution in [2.45, 2.75) is 31.5 Å². The Bertz CT molecular complexity index is 675. The molecule has 2 N–H and O–H groups in total. The third-order valence-electron chi connectivity index (χ3n) is 4.79. The zero-order valence-electron chi connectivity index (χ0n) is 13.8. The molecule has 0 saturated carbocycles. The number of ether oxygens (including phenoxy) is 2. The van der Waals surface area contributed by atoms with E-state index in [1.54, 1.807) is 0 Å². The van der Waals surface area contributed by atoms with Gasteiger partial charge in [-0.2, -0.15) is 0 Å². The minimum absolute atomic E-state index is 0.372. The van der Waals surface area contributed by atoms with Crippen LogP contribution < -0.4 is 20.1 Å². The number of piperidine rings is 1. The maximum absolute atomic E-state index is 5.68. The van der Waals surface area contributed by atoms with Crippen LogP contribution in [-0.2, 0) is 6.54 Å². The van der Waals surface area contributed by atoms with Crippen molar-refractivity contribution in [3.05, 3.63) is 59.7 Å². The molecular formula is C20H24N2O2. The molecule has 1 saturated heterocycles. The van der Waals surface area contributed by atoms with Crippen LogP contribution in [0.15, 0.2) is 48.5 Å². The number of nitrogens with one attached hydrogen (secondary N) is 2. The lowest BCUT2D eigenvalue weighted by Gasteiger charge is -2.34. The molecule has 4 rings (SSSR count). The van der Waals surface area contributed by atoms with Crippen LogP contribution in [-0.4, -0.2) is 25.8 Å². The van der Waals surface area contributed by atoms with Crippen LogP contribution in [0.3, 0.4) is 0 Å². The third-order valence-corrected chi connectivity index (χ3v) is 4.79. The van der Waals surface area contributed by atoms with E-state index in [4.69, 9.17) is 9.47 Å². The van der Waals surface area contributed by atoms with Gasteiger partial charge in [-0.05, 0) is 42.6 Å². The molecule has 0 amide bonds. The predicted molar refractivity (Wildman–Crippen MR) is 94.5 cm³/mol. The smallest absolute Gasteiger partial charge is 0.161 e. The number of hydrogen-bond acceptors (Lipinski definition) is 4. The van der Waals surface area contributed by atoms with E-state index in [-0.39, 0.29) is 0 Å². The summed E-state index contributed by atoms with van der Waals surface area (Å²) < 4.78 is 11.3. The Morgan fingerprint density at radius 3 is 2.71 bits per heavy atom. The van der Waals surface area contributed by atoms with Crippen molar-refractivity contribution >= 4 is 0 Å². The molecule has 2 aliphatic rings. The van der Waals surface area contributed by atoms with E-state index >= 15 is 0 Å². The Hall–Kier alpha value is -2.04. The molecule has 0 unspecified atom stereocenters. The zero-order valence-corrected chi connectivity index (χ0v) is 13.8. The predicted octanol–water partition coefficient (Wildman–Crippen LogP) is 3.04. The second kappa shape index (κ2) is 7.24. The average Bonchev–Trinajstić information content (AvgIpc) is 2.67. The highest BCUT2D eigenvalue weighted by Crippen LogP contribution is 2.31. The van der Waals surface area contributed by atoms with E-state index < -0.39 is 0 Å². The SMILES string of the molecule is c1ccc([C@@H]2NCCC[C@@H]2NCc2ccc3c(c2)OCCO3)cc1. The summed E-state index contributed by atoms with van der Waals surface area (Å²) in [5.74, 6) is 1.72. The topological polar surface area (TPSA) is 42.5 Å². The first-order valence-electron chi connectivity index (χ1n) is 8.80. The molecule has 126 valence electrons. The van der Waals surface area contributed by atoms with Crippen molar-refractivity contribution in [1.82, 2.24) is 10.6 Å². The fourth-order valence-electron chi connectivity index (χ4n) is 3.57. The van der Waals surface area contributed by atoms with Crippen LogP contribution in [0.2, 0.25) is 0 Å². The summed E-state index contributed by atoms with van der Waals surface area (Å²) in [4.78, 5) is 0. The summed E-state index contributed by atoms with van der Waals surface area (Å²) in [5, 5.41) is 7.40. The molecule has 2 aromatic carbocycles. The summed E-state index contributed by atoms with van der Waals surface area (Å²) in [6.45, 7) is 3.19. The van der Waals surface area contributed by atoms with Crippen molar-refractivity contribution < 1.29 is 9.47 Å². The van der Waals surface area contributed by atoms with Gasteiger partial charge in [-0.15, -0.1) is 0 Å². The van der Waals surface area contributed by atoms with Crippen molar-refractivity contribution in [2.24, 2.45) is 0 Å². The van der Waals surface area contributed by atoms with E-state index in [2.05, 4.69) is 53.1 Å². The van der Waals surface area contributed by atoms with Crippen LogP contribution in [0.25, 0.3) is 0 Å². The van der Waals surface area contributed by atoms with Gasteiger partial charge in [0, 0.05) is 18.6 Å². The fourth-order valence-corrected chi connectivity index (χ4v) is 3.57. The molecule has 0 radical (unpaired) electrons. The summed E-state index contributed by atoms with van der Waals surface area (Å²) in [6, 6.07) is 17.8. The highest BCUT2D eigenvalue weighted by Gasteiger charge is 2.25. The van der Waals surface area contributed by atoms with Gasteiger partial charge in [-0.25, -0.2) is 0 Å². The summed E-state index contributed by atoms with van der Waals surface area (Å²) in [5.41, 5.74) is 2.59. The Balaban J connectivity index is 1.44. The van der Waals surface area contributed by atoms with Gasteiger partial charge in [0.15, 0.2) is 11.5 Å². The van der Waals surface area contributed by atoms with Gasteiger partial charge in [-0.3, -0.25) is 0 Å². The first-order chi connectivity index (χ1) is 11.9. The van der Waals surface area contributed by atoms with Crippen LogP contribution in [0, 0.1) is 0 Å². The van der Waals surface area contributed by atoms with Gasteiger partial charge in [0.05, 0.1) is 0 Å². The first-order valence-corrected chi connectivity index (χ1v) is 8.80. The van der Waals surface area contributed by atoms with Crippen LogP contribution in [0.4, 0.5) is 0 Å². The lowest BCUT2D eigenvalue weighted by molar-refractivity contribution is 0.171. The molecule has 2 aromatic rings. The maximum atomic E-state index is 5.68. The van der Waals surface area contributed by atoms with E-state index in [1.807, 2.05) is 6.07 Å². The Labute approximate surface area is 143 Å². The zero-order chi connectivity index (χ0) is 16.2. The largest absolute Gasteiger partial charge is 0.486 e. The summed E-state index contributed by atoms with van der Waals surface area (Å²) in [6.07, 6.45) is 2.40. The molecule has 24 heavy (non-hydrogen) atoms. The summed E-state index contributed by atoms with van der Waals surface area (Å²) >= 11 is 0. The van der Waals surface area contributed by atoms with Crippen molar-refractivity contribution in [3.63, 3.8) is 0 Å². The summed E-state index contributed by atoms with van der Waals surface area (Å²) in [7, 11) is 0. The van der Waals surface area contributed by atoms with E-state index in [9.17, 15) is 0 Å². The monoisotopic (exact) mass is 324 g/mol. The molecule has 4 heteroatoms. The van der Waals surface area contributed by atoms with Crippen LogP contribution >= 0.6 is 0 Å². The minimum Gasteiger partial charge on any atom is -0.486 e. The van der Waals surface area contributed by atoms with E-state index in [0.717, 1.165) is 24.6 Å². The van der Waals surface area contributed by atoms with Gasteiger partial charge in [0.25, 0.3) is 0 Å². The van der Waals surface area contributed by atoms with Crippen LogP contribution in [0.5, 0.6) is 11.5 Å². The third kappa shape index (κ3) is 3.40. The quantitative estimate of drug-likeness (QED) is 0.907. The molecular weight excluding hydrogens is 300 g/mol. The number of rotatable bonds is 4. The first kappa shape index (κ1) is 15.5. The highest BCUT2D eigenvalue weighted by molar-refractivity contribution is 5.43. The number of hydrogen-bond donors (Lipinski definition) is 2. The fraction of sp³-hybridized carbons (Fsp3) is 0.400. The Morgan fingerprint density at radius 1 is 1.00 bits per heavy atom. The van der Waals surface area contributed by atoms with Crippen molar-refractivity contribution in [3.8, 4) is 11.5 Å². The molecule has 2 aliphatic heterocycles. The minimum atomic E-state index is 0.372. The normalized spacial score (nSPS) is 23.0. The number of benzene rings is 2. The second-order valence-electron chi connectivity index (χ2n) is 6.45.